The predicted octanol–water partition coefficient (Wildman–Crippen LogP) is 1.02. The standard InChI is InChI=1S/C11H10N4O3/c1-6-3-2-4-7(5-6)12-13-8-9(11(17)18)14-15-10(8)16/h2-5,8H,1H3,(H,15,16)(H,17,18). The Morgan fingerprint density at radius 1 is 1.50 bits per heavy atom. The summed E-state index contributed by atoms with van der Waals surface area (Å²) in [4.78, 5) is 22.1. The third kappa shape index (κ3) is 2.40. The van der Waals surface area contributed by atoms with Gasteiger partial charge in [-0.25, -0.2) is 10.2 Å². The van der Waals surface area contributed by atoms with Crippen molar-refractivity contribution in [3.05, 3.63) is 29.8 Å². The topological polar surface area (TPSA) is 103 Å². The normalized spacial score (nSPS) is 18.8. The van der Waals surface area contributed by atoms with Crippen LogP contribution in [0.5, 0.6) is 0 Å². The Morgan fingerprint density at radius 3 is 2.94 bits per heavy atom. The number of azo groups is 1. The third-order valence-corrected chi connectivity index (χ3v) is 2.30. The number of nitrogens with one attached hydrogen (secondary N) is 1. The van der Waals surface area contributed by atoms with E-state index in [2.05, 4.69) is 20.8 Å². The van der Waals surface area contributed by atoms with Crippen molar-refractivity contribution in [3.8, 4) is 0 Å². The average molecular weight is 246 g/mol. The highest BCUT2D eigenvalue weighted by Crippen LogP contribution is 2.15. The number of carbonyl (C=O) groups is 2. The van der Waals surface area contributed by atoms with Gasteiger partial charge in [-0.1, -0.05) is 12.1 Å². The van der Waals surface area contributed by atoms with Gasteiger partial charge in [-0.15, -0.1) is 0 Å². The van der Waals surface area contributed by atoms with Crippen molar-refractivity contribution in [3.63, 3.8) is 0 Å². The van der Waals surface area contributed by atoms with Crippen LogP contribution in [0.25, 0.3) is 0 Å². The first-order valence-electron chi connectivity index (χ1n) is 5.16. The number of benzene rings is 1. The van der Waals surface area contributed by atoms with Gasteiger partial charge in [0.05, 0.1) is 5.69 Å². The molecule has 1 amide bonds. The van der Waals surface area contributed by atoms with E-state index in [-0.39, 0.29) is 5.71 Å². The summed E-state index contributed by atoms with van der Waals surface area (Å²) >= 11 is 0. The molecule has 0 fully saturated rings. The minimum Gasteiger partial charge on any atom is -0.477 e. The molecule has 1 aromatic carbocycles. The van der Waals surface area contributed by atoms with Crippen LogP contribution in [0.1, 0.15) is 5.56 Å². The molecule has 0 bridgehead atoms. The molecule has 1 unspecified atom stereocenters. The number of amides is 1. The molecule has 1 heterocycles. The van der Waals surface area contributed by atoms with Gasteiger partial charge in [-0.2, -0.15) is 15.3 Å². The molecule has 1 aliphatic heterocycles. The number of aryl methyl sites for hydroxylation is 1. The number of aliphatic carboxylic acids is 1. The van der Waals surface area contributed by atoms with E-state index in [1.54, 1.807) is 18.2 Å². The van der Waals surface area contributed by atoms with Gasteiger partial charge in [0.15, 0.2) is 5.71 Å². The summed E-state index contributed by atoms with van der Waals surface area (Å²) in [6.45, 7) is 1.89. The Bertz CT molecular complexity index is 565. The van der Waals surface area contributed by atoms with Crippen LogP contribution in [0, 0.1) is 6.92 Å². The zero-order valence-electron chi connectivity index (χ0n) is 9.49. The largest absolute Gasteiger partial charge is 0.477 e. The number of carbonyl (C=O) groups excluding carboxylic acids is 1. The van der Waals surface area contributed by atoms with Crippen molar-refractivity contribution < 1.29 is 14.7 Å². The van der Waals surface area contributed by atoms with Crippen LogP contribution in [-0.2, 0) is 9.59 Å². The van der Waals surface area contributed by atoms with Gasteiger partial charge in [0, 0.05) is 0 Å². The molecule has 0 aliphatic carbocycles. The fourth-order valence-electron chi connectivity index (χ4n) is 1.45. The zero-order chi connectivity index (χ0) is 13.1. The molecule has 2 rings (SSSR count). The highest BCUT2D eigenvalue weighted by molar-refractivity contribution is 6.43. The van der Waals surface area contributed by atoms with E-state index in [9.17, 15) is 9.59 Å². The lowest BCUT2D eigenvalue weighted by atomic mass is 10.2. The summed E-state index contributed by atoms with van der Waals surface area (Å²) in [5, 5.41) is 19.8. The maximum atomic E-state index is 11.3. The molecule has 0 aromatic heterocycles. The first-order chi connectivity index (χ1) is 8.58. The molecule has 7 nitrogen and oxygen atoms in total. The average Bonchev–Trinajstić information content (AvgIpc) is 2.68. The highest BCUT2D eigenvalue weighted by atomic mass is 16.4. The van der Waals surface area contributed by atoms with Crippen LogP contribution < -0.4 is 5.43 Å². The van der Waals surface area contributed by atoms with E-state index in [0.29, 0.717) is 5.69 Å². The van der Waals surface area contributed by atoms with E-state index in [0.717, 1.165) is 5.56 Å². The van der Waals surface area contributed by atoms with Crippen molar-refractivity contribution in [2.75, 3.05) is 0 Å². The van der Waals surface area contributed by atoms with E-state index in [4.69, 9.17) is 5.11 Å². The molecule has 0 radical (unpaired) electrons. The second-order valence-corrected chi connectivity index (χ2v) is 3.74. The summed E-state index contributed by atoms with van der Waals surface area (Å²) < 4.78 is 0. The molecule has 0 saturated heterocycles. The number of carboxylic acids is 1. The fraction of sp³-hybridized carbons (Fsp3) is 0.182. The van der Waals surface area contributed by atoms with Gasteiger partial charge in [0.25, 0.3) is 5.91 Å². The molecule has 1 atom stereocenters. The predicted molar refractivity (Wildman–Crippen MR) is 62.7 cm³/mol. The van der Waals surface area contributed by atoms with Gasteiger partial charge in [-0.05, 0) is 24.6 Å². The SMILES string of the molecule is Cc1cccc(N=NC2C(=O)NN=C2C(=O)O)c1. The summed E-state index contributed by atoms with van der Waals surface area (Å²) in [6.07, 6.45) is 0. The molecule has 92 valence electrons. The number of rotatable bonds is 3. The first kappa shape index (κ1) is 11.9. The molecule has 18 heavy (non-hydrogen) atoms. The van der Waals surface area contributed by atoms with Crippen LogP contribution in [0.3, 0.4) is 0 Å². The molecular weight excluding hydrogens is 236 g/mol. The van der Waals surface area contributed by atoms with E-state index < -0.39 is 17.9 Å². The van der Waals surface area contributed by atoms with Crippen molar-refractivity contribution in [1.82, 2.24) is 5.43 Å². The van der Waals surface area contributed by atoms with Crippen molar-refractivity contribution in [1.29, 1.82) is 0 Å². The second-order valence-electron chi connectivity index (χ2n) is 3.74. The molecule has 0 spiro atoms. The quantitative estimate of drug-likeness (QED) is 0.778. The van der Waals surface area contributed by atoms with E-state index in [1.165, 1.54) is 0 Å². The minimum absolute atomic E-state index is 0.351. The van der Waals surface area contributed by atoms with Gasteiger partial charge in [0.2, 0.25) is 6.04 Å². The van der Waals surface area contributed by atoms with Gasteiger partial charge < -0.3 is 5.11 Å². The van der Waals surface area contributed by atoms with Crippen LogP contribution in [0.4, 0.5) is 5.69 Å². The van der Waals surface area contributed by atoms with Gasteiger partial charge in [-0.3, -0.25) is 4.79 Å². The van der Waals surface area contributed by atoms with Gasteiger partial charge in [0.1, 0.15) is 0 Å². The highest BCUT2D eigenvalue weighted by Gasteiger charge is 2.34. The number of hydrogen-bond donors (Lipinski definition) is 2. The Morgan fingerprint density at radius 2 is 2.28 bits per heavy atom. The molecule has 1 aromatic rings. The number of nitrogens with zero attached hydrogens (tertiary/aromatic N) is 3. The van der Waals surface area contributed by atoms with Crippen LogP contribution in [-0.4, -0.2) is 28.7 Å². The monoisotopic (exact) mass is 246 g/mol. The Kier molecular flexibility index (Phi) is 3.13. The Balaban J connectivity index is 2.20. The molecule has 1 aliphatic rings. The maximum Gasteiger partial charge on any atom is 0.355 e. The molecular formula is C11H10N4O3. The first-order valence-corrected chi connectivity index (χ1v) is 5.16. The summed E-state index contributed by atoms with van der Waals surface area (Å²) in [5.74, 6) is -1.88. The number of carboxylic acid groups (broad SMARTS) is 1. The lowest BCUT2D eigenvalue weighted by molar-refractivity contribution is -0.130. The minimum atomic E-state index is -1.29. The molecule has 0 saturated carbocycles. The van der Waals surface area contributed by atoms with Crippen molar-refractivity contribution in [2.24, 2.45) is 15.3 Å². The Hall–Kier alpha value is -2.57. The lowest BCUT2D eigenvalue weighted by Crippen LogP contribution is -2.30. The van der Waals surface area contributed by atoms with Crippen molar-refractivity contribution in [2.45, 2.75) is 13.0 Å². The van der Waals surface area contributed by atoms with Crippen LogP contribution in [0.15, 0.2) is 39.6 Å². The maximum absolute atomic E-state index is 11.3. The van der Waals surface area contributed by atoms with E-state index >= 15 is 0 Å². The van der Waals surface area contributed by atoms with E-state index in [1.807, 2.05) is 13.0 Å². The lowest BCUT2D eigenvalue weighted by Gasteiger charge is -2.00. The summed E-state index contributed by atoms with van der Waals surface area (Å²) in [6, 6.07) is 5.98. The van der Waals surface area contributed by atoms with Gasteiger partial charge >= 0.3 is 5.97 Å². The van der Waals surface area contributed by atoms with Crippen molar-refractivity contribution >= 4 is 23.3 Å². The molecule has 2 N–H and O–H groups in total. The van der Waals surface area contributed by atoms with Crippen LogP contribution >= 0.6 is 0 Å². The summed E-state index contributed by atoms with van der Waals surface area (Å²) in [5.41, 5.74) is 3.26. The number of hydrogen-bond acceptors (Lipinski definition) is 5. The second kappa shape index (κ2) is 4.74. The zero-order valence-corrected chi connectivity index (χ0v) is 9.49. The summed E-state index contributed by atoms with van der Waals surface area (Å²) in [7, 11) is 0. The smallest absolute Gasteiger partial charge is 0.355 e. The Labute approximate surface area is 102 Å². The van der Waals surface area contributed by atoms with Crippen LogP contribution in [0.2, 0.25) is 0 Å². The third-order valence-electron chi connectivity index (χ3n) is 2.30. The molecule has 7 heteroatoms. The fourth-order valence-corrected chi connectivity index (χ4v) is 1.45. The number of hydrazone groups is 1.